The van der Waals surface area contributed by atoms with Crippen LogP contribution in [0.4, 0.5) is 5.69 Å². The van der Waals surface area contributed by atoms with E-state index < -0.39 is 5.97 Å². The average Bonchev–Trinajstić information content (AvgIpc) is 2.48. The highest BCUT2D eigenvalue weighted by Gasteiger charge is 2.24. The number of aryl methyl sites for hydroxylation is 2. The zero-order valence-electron chi connectivity index (χ0n) is 12.1. The Labute approximate surface area is 122 Å². The predicted octanol–water partition coefficient (Wildman–Crippen LogP) is 2.67. The van der Waals surface area contributed by atoms with Crippen LogP contribution in [0.2, 0.25) is 0 Å². The van der Waals surface area contributed by atoms with Crippen molar-refractivity contribution in [2.75, 3.05) is 11.9 Å². The number of rotatable bonds is 3. The first-order valence-electron chi connectivity index (χ1n) is 6.45. The number of hydrogen-bond acceptors (Lipinski definition) is 3. The number of carboxylic acids is 1. The van der Waals surface area contributed by atoms with Gasteiger partial charge in [-0.1, -0.05) is 12.1 Å². The van der Waals surface area contributed by atoms with Crippen molar-refractivity contribution in [2.24, 2.45) is 0 Å². The number of carbonyl (C=O) groups is 2. The maximum Gasteiger partial charge on any atom is 0.336 e. The van der Waals surface area contributed by atoms with Gasteiger partial charge in [-0.15, -0.1) is 0 Å². The molecule has 0 bridgehead atoms. The van der Waals surface area contributed by atoms with E-state index >= 15 is 0 Å². The number of carbonyl (C=O) groups excluding carboxylic acids is 1. The first-order chi connectivity index (χ1) is 9.93. The summed E-state index contributed by atoms with van der Waals surface area (Å²) in [5.41, 5.74) is 2.15. The minimum Gasteiger partial charge on any atom is -0.478 e. The van der Waals surface area contributed by atoms with Gasteiger partial charge in [0.1, 0.15) is 0 Å². The summed E-state index contributed by atoms with van der Waals surface area (Å²) < 4.78 is 0. The Bertz CT molecular complexity index is 696. The molecule has 0 fully saturated rings. The van der Waals surface area contributed by atoms with Crippen LogP contribution < -0.4 is 4.90 Å². The number of carboxylic acid groups (broad SMARTS) is 1. The lowest BCUT2D eigenvalue weighted by atomic mass is 9.96. The Morgan fingerprint density at radius 1 is 1.00 bits per heavy atom. The van der Waals surface area contributed by atoms with Crippen LogP contribution >= 0.6 is 0 Å². The summed E-state index contributed by atoms with van der Waals surface area (Å²) in [6.45, 7) is 3.42. The molecular formula is C16H16N2O3. The van der Waals surface area contributed by atoms with Crippen LogP contribution in [-0.4, -0.2) is 29.0 Å². The fourth-order valence-electron chi connectivity index (χ4n) is 2.21. The van der Waals surface area contributed by atoms with E-state index in [4.69, 9.17) is 0 Å². The van der Waals surface area contributed by atoms with E-state index in [0.29, 0.717) is 16.8 Å². The summed E-state index contributed by atoms with van der Waals surface area (Å²) >= 11 is 0. The third kappa shape index (κ3) is 2.76. The Kier molecular flexibility index (Phi) is 4.03. The second-order valence-corrected chi connectivity index (χ2v) is 4.82. The highest BCUT2D eigenvalue weighted by molar-refractivity contribution is 6.13. The second kappa shape index (κ2) is 5.75. The maximum absolute atomic E-state index is 12.7. The highest BCUT2D eigenvalue weighted by Crippen LogP contribution is 2.22. The quantitative estimate of drug-likeness (QED) is 0.940. The molecule has 0 saturated carbocycles. The van der Waals surface area contributed by atoms with Gasteiger partial charge in [0, 0.05) is 25.1 Å². The monoisotopic (exact) mass is 284 g/mol. The largest absolute Gasteiger partial charge is 0.478 e. The van der Waals surface area contributed by atoms with E-state index in [2.05, 4.69) is 4.98 Å². The molecule has 0 spiro atoms. The lowest BCUT2D eigenvalue weighted by Crippen LogP contribution is -2.29. The molecule has 1 aromatic carbocycles. The van der Waals surface area contributed by atoms with Crippen LogP contribution in [-0.2, 0) is 0 Å². The first-order valence-corrected chi connectivity index (χ1v) is 6.45. The lowest BCUT2D eigenvalue weighted by molar-refractivity contribution is 0.0691. The molecule has 21 heavy (non-hydrogen) atoms. The van der Waals surface area contributed by atoms with Gasteiger partial charge in [0.25, 0.3) is 5.91 Å². The van der Waals surface area contributed by atoms with Crippen molar-refractivity contribution in [3.05, 3.63) is 58.9 Å². The zero-order valence-corrected chi connectivity index (χ0v) is 12.1. The topological polar surface area (TPSA) is 70.5 Å². The van der Waals surface area contributed by atoms with E-state index in [1.807, 2.05) is 0 Å². The van der Waals surface area contributed by atoms with Crippen molar-refractivity contribution in [3.8, 4) is 0 Å². The summed E-state index contributed by atoms with van der Waals surface area (Å²) in [6.07, 6.45) is 3.17. The molecule has 1 heterocycles. The van der Waals surface area contributed by atoms with Gasteiger partial charge in [0.2, 0.25) is 0 Å². The molecule has 0 unspecified atom stereocenters. The summed E-state index contributed by atoms with van der Waals surface area (Å²) in [5, 5.41) is 9.39. The number of benzene rings is 1. The number of nitrogens with zero attached hydrogens (tertiary/aromatic N) is 2. The molecule has 0 aliphatic heterocycles. The average molecular weight is 284 g/mol. The zero-order chi connectivity index (χ0) is 15.6. The molecule has 5 nitrogen and oxygen atoms in total. The molecule has 0 aliphatic rings. The van der Waals surface area contributed by atoms with E-state index in [9.17, 15) is 14.7 Å². The molecule has 108 valence electrons. The van der Waals surface area contributed by atoms with Gasteiger partial charge in [-0.25, -0.2) is 4.79 Å². The van der Waals surface area contributed by atoms with Gasteiger partial charge < -0.3 is 10.0 Å². The normalized spacial score (nSPS) is 10.2. The molecule has 0 atom stereocenters. The first kappa shape index (κ1) is 14.7. The van der Waals surface area contributed by atoms with Gasteiger partial charge in [0.05, 0.1) is 11.1 Å². The Morgan fingerprint density at radius 3 is 2.05 bits per heavy atom. The Balaban J connectivity index is 2.54. The van der Waals surface area contributed by atoms with Crippen molar-refractivity contribution < 1.29 is 14.7 Å². The molecule has 0 aliphatic carbocycles. The number of aromatic nitrogens is 1. The minimum absolute atomic E-state index is 0.0564. The standard InChI is InChI=1S/C16H16N2O3/c1-10-4-5-11(2)14(16(20)21)13(10)15(19)18(3)12-6-8-17-9-7-12/h4-9H,1-3H3,(H,20,21). The lowest BCUT2D eigenvalue weighted by Gasteiger charge is -2.20. The molecule has 0 saturated heterocycles. The molecule has 1 amide bonds. The summed E-state index contributed by atoms with van der Waals surface area (Å²) in [7, 11) is 1.62. The van der Waals surface area contributed by atoms with Crippen LogP contribution in [0.1, 0.15) is 31.8 Å². The van der Waals surface area contributed by atoms with E-state index in [1.165, 1.54) is 4.90 Å². The minimum atomic E-state index is -1.09. The highest BCUT2D eigenvalue weighted by atomic mass is 16.4. The number of amides is 1. The Hall–Kier alpha value is -2.69. The van der Waals surface area contributed by atoms with Gasteiger partial charge in [-0.2, -0.15) is 0 Å². The van der Waals surface area contributed by atoms with E-state index in [-0.39, 0.29) is 17.0 Å². The fraction of sp³-hybridized carbons (Fsp3) is 0.188. The molecule has 1 N–H and O–H groups in total. The number of aromatic carboxylic acids is 1. The van der Waals surface area contributed by atoms with Crippen molar-refractivity contribution in [1.29, 1.82) is 0 Å². The summed E-state index contributed by atoms with van der Waals surface area (Å²) in [6, 6.07) is 6.87. The number of pyridine rings is 1. The fourth-order valence-corrected chi connectivity index (χ4v) is 2.21. The van der Waals surface area contributed by atoms with Crippen molar-refractivity contribution in [2.45, 2.75) is 13.8 Å². The van der Waals surface area contributed by atoms with E-state index in [0.717, 1.165) is 0 Å². The maximum atomic E-state index is 12.7. The second-order valence-electron chi connectivity index (χ2n) is 4.82. The van der Waals surface area contributed by atoms with Crippen molar-refractivity contribution >= 4 is 17.6 Å². The third-order valence-corrected chi connectivity index (χ3v) is 3.40. The van der Waals surface area contributed by atoms with Gasteiger partial charge in [-0.05, 0) is 37.1 Å². The smallest absolute Gasteiger partial charge is 0.336 e. The van der Waals surface area contributed by atoms with Crippen LogP contribution in [0.5, 0.6) is 0 Å². The molecule has 2 rings (SSSR count). The van der Waals surface area contributed by atoms with Gasteiger partial charge in [0.15, 0.2) is 0 Å². The summed E-state index contributed by atoms with van der Waals surface area (Å²) in [5.74, 6) is -1.44. The summed E-state index contributed by atoms with van der Waals surface area (Å²) in [4.78, 5) is 29.5. The van der Waals surface area contributed by atoms with Crippen LogP contribution in [0.3, 0.4) is 0 Å². The van der Waals surface area contributed by atoms with Crippen molar-refractivity contribution in [3.63, 3.8) is 0 Å². The van der Waals surface area contributed by atoms with Crippen LogP contribution in [0.25, 0.3) is 0 Å². The molecular weight excluding hydrogens is 268 g/mol. The van der Waals surface area contributed by atoms with Gasteiger partial charge >= 0.3 is 5.97 Å². The molecule has 0 radical (unpaired) electrons. The number of anilines is 1. The van der Waals surface area contributed by atoms with E-state index in [1.54, 1.807) is 57.6 Å². The number of hydrogen-bond donors (Lipinski definition) is 1. The molecule has 2 aromatic rings. The molecule has 5 heteroatoms. The SMILES string of the molecule is Cc1ccc(C)c(C(=O)N(C)c2ccncc2)c1C(=O)O. The van der Waals surface area contributed by atoms with Gasteiger partial charge in [-0.3, -0.25) is 9.78 Å². The van der Waals surface area contributed by atoms with Crippen LogP contribution in [0, 0.1) is 13.8 Å². The predicted molar refractivity (Wildman–Crippen MR) is 79.8 cm³/mol. The molecule has 1 aromatic heterocycles. The third-order valence-electron chi connectivity index (χ3n) is 3.40. The van der Waals surface area contributed by atoms with Crippen molar-refractivity contribution in [1.82, 2.24) is 4.98 Å². The van der Waals surface area contributed by atoms with Crippen LogP contribution in [0.15, 0.2) is 36.7 Å². The Morgan fingerprint density at radius 2 is 1.52 bits per heavy atom.